The van der Waals surface area contributed by atoms with E-state index in [2.05, 4.69) is 30.5 Å². The van der Waals surface area contributed by atoms with Crippen LogP contribution in [0.1, 0.15) is 22.0 Å². The summed E-state index contributed by atoms with van der Waals surface area (Å²) in [6.07, 6.45) is 2.99. The molecule has 2 N–H and O–H groups in total. The van der Waals surface area contributed by atoms with Gasteiger partial charge in [-0.15, -0.1) is 0 Å². The number of carbonyl (C=O) groups is 1. The predicted octanol–water partition coefficient (Wildman–Crippen LogP) is 1.51. The molecule has 24 heavy (non-hydrogen) atoms. The van der Waals surface area contributed by atoms with E-state index in [9.17, 15) is 4.79 Å². The molecule has 8 heteroatoms. The van der Waals surface area contributed by atoms with Crippen LogP contribution in [0, 0.1) is 6.92 Å². The Kier molecular flexibility index (Phi) is 4.46. The molecule has 0 saturated heterocycles. The van der Waals surface area contributed by atoms with Crippen molar-refractivity contribution in [2.45, 2.75) is 13.5 Å². The fraction of sp³-hybridized carbons (Fsp3) is 0.188. The average molecular weight is 324 g/mol. The third-order valence-corrected chi connectivity index (χ3v) is 3.31. The van der Waals surface area contributed by atoms with Crippen molar-refractivity contribution in [1.29, 1.82) is 0 Å². The monoisotopic (exact) mass is 324 g/mol. The number of amides is 1. The summed E-state index contributed by atoms with van der Waals surface area (Å²) in [7, 11) is 1.61. The molecule has 0 aliphatic carbocycles. The van der Waals surface area contributed by atoms with E-state index in [4.69, 9.17) is 4.74 Å². The summed E-state index contributed by atoms with van der Waals surface area (Å²) < 4.78 is 5.12. The van der Waals surface area contributed by atoms with Crippen LogP contribution in [0.25, 0.3) is 11.4 Å². The van der Waals surface area contributed by atoms with E-state index in [0.717, 1.165) is 17.0 Å². The SMILES string of the molecule is COc1ccc(-c2n[nH]c(CNC(=O)c3cnc(C)cn3)n2)cc1. The molecular formula is C16H16N6O2. The average Bonchev–Trinajstić information content (AvgIpc) is 3.09. The Bertz CT molecular complexity index is 827. The van der Waals surface area contributed by atoms with Gasteiger partial charge >= 0.3 is 0 Å². The Morgan fingerprint density at radius 2 is 2.00 bits per heavy atom. The van der Waals surface area contributed by atoms with E-state index >= 15 is 0 Å². The topological polar surface area (TPSA) is 106 Å². The maximum absolute atomic E-state index is 12.0. The van der Waals surface area contributed by atoms with Crippen molar-refractivity contribution in [3.05, 3.63) is 53.9 Å². The number of aromatic nitrogens is 5. The number of methoxy groups -OCH3 is 1. The summed E-state index contributed by atoms with van der Waals surface area (Å²) in [5.74, 6) is 1.55. The van der Waals surface area contributed by atoms with Crippen molar-refractivity contribution in [1.82, 2.24) is 30.5 Å². The smallest absolute Gasteiger partial charge is 0.271 e. The largest absolute Gasteiger partial charge is 0.497 e. The lowest BCUT2D eigenvalue weighted by Crippen LogP contribution is -2.24. The zero-order valence-electron chi connectivity index (χ0n) is 13.3. The van der Waals surface area contributed by atoms with Crippen molar-refractivity contribution in [3.8, 4) is 17.1 Å². The predicted molar refractivity (Wildman–Crippen MR) is 86.3 cm³/mol. The van der Waals surface area contributed by atoms with Gasteiger partial charge < -0.3 is 10.1 Å². The number of nitrogens with one attached hydrogen (secondary N) is 2. The molecule has 2 heterocycles. The number of aryl methyl sites for hydroxylation is 1. The number of hydrogen-bond donors (Lipinski definition) is 2. The van der Waals surface area contributed by atoms with Gasteiger partial charge in [-0.3, -0.25) is 14.9 Å². The lowest BCUT2D eigenvalue weighted by Gasteiger charge is -2.02. The molecule has 122 valence electrons. The molecule has 3 aromatic rings. The van der Waals surface area contributed by atoms with E-state index < -0.39 is 0 Å². The minimum atomic E-state index is -0.315. The minimum Gasteiger partial charge on any atom is -0.497 e. The number of carbonyl (C=O) groups excluding carboxylic acids is 1. The number of rotatable bonds is 5. The fourth-order valence-electron chi connectivity index (χ4n) is 2.01. The highest BCUT2D eigenvalue weighted by Crippen LogP contribution is 2.18. The van der Waals surface area contributed by atoms with E-state index in [1.807, 2.05) is 31.2 Å². The van der Waals surface area contributed by atoms with Gasteiger partial charge in [0.05, 0.1) is 25.5 Å². The first kappa shape index (κ1) is 15.6. The molecule has 1 amide bonds. The number of aromatic amines is 1. The van der Waals surface area contributed by atoms with Crippen molar-refractivity contribution in [2.75, 3.05) is 7.11 Å². The van der Waals surface area contributed by atoms with Crippen molar-refractivity contribution >= 4 is 5.91 Å². The number of nitrogens with zero attached hydrogens (tertiary/aromatic N) is 4. The maximum Gasteiger partial charge on any atom is 0.271 e. The second kappa shape index (κ2) is 6.86. The molecule has 0 radical (unpaired) electrons. The first-order chi connectivity index (χ1) is 11.7. The summed E-state index contributed by atoms with van der Waals surface area (Å²) >= 11 is 0. The van der Waals surface area contributed by atoms with Gasteiger partial charge in [0.25, 0.3) is 5.91 Å². The molecule has 0 fully saturated rings. The zero-order chi connectivity index (χ0) is 16.9. The zero-order valence-corrected chi connectivity index (χ0v) is 13.3. The molecule has 0 aliphatic rings. The Hall–Kier alpha value is -3.29. The summed E-state index contributed by atoms with van der Waals surface area (Å²) in [6.45, 7) is 2.03. The van der Waals surface area contributed by atoms with Gasteiger partial charge in [-0.2, -0.15) is 5.10 Å². The van der Waals surface area contributed by atoms with Crippen molar-refractivity contribution < 1.29 is 9.53 Å². The molecule has 0 atom stereocenters. The Morgan fingerprint density at radius 3 is 2.67 bits per heavy atom. The standard InChI is InChI=1S/C16H16N6O2/c1-10-7-18-13(8-17-10)16(23)19-9-14-20-15(22-21-14)11-3-5-12(24-2)6-4-11/h3-8H,9H2,1-2H3,(H,19,23)(H,20,21,22). The third-order valence-electron chi connectivity index (χ3n) is 3.31. The second-order valence-electron chi connectivity index (χ2n) is 5.06. The van der Waals surface area contributed by atoms with Crippen LogP contribution in [0.5, 0.6) is 5.75 Å². The van der Waals surface area contributed by atoms with E-state index in [-0.39, 0.29) is 18.1 Å². The highest BCUT2D eigenvalue weighted by atomic mass is 16.5. The molecule has 3 rings (SSSR count). The van der Waals surface area contributed by atoms with E-state index in [1.165, 1.54) is 6.20 Å². The Labute approximate surface area is 138 Å². The highest BCUT2D eigenvalue weighted by Gasteiger charge is 2.10. The molecule has 2 aromatic heterocycles. The number of ether oxygens (including phenoxy) is 1. The Morgan fingerprint density at radius 1 is 1.21 bits per heavy atom. The van der Waals surface area contributed by atoms with Gasteiger partial charge in [0.15, 0.2) is 5.82 Å². The number of benzene rings is 1. The van der Waals surface area contributed by atoms with Crippen LogP contribution in [-0.2, 0) is 6.54 Å². The second-order valence-corrected chi connectivity index (χ2v) is 5.06. The first-order valence-corrected chi connectivity index (χ1v) is 7.28. The van der Waals surface area contributed by atoms with Crippen LogP contribution >= 0.6 is 0 Å². The molecule has 0 spiro atoms. The van der Waals surface area contributed by atoms with Crippen LogP contribution < -0.4 is 10.1 Å². The van der Waals surface area contributed by atoms with Crippen molar-refractivity contribution in [3.63, 3.8) is 0 Å². The maximum atomic E-state index is 12.0. The van der Waals surface area contributed by atoms with Crippen LogP contribution in [0.4, 0.5) is 0 Å². The van der Waals surface area contributed by atoms with Gasteiger partial charge in [-0.05, 0) is 31.2 Å². The summed E-state index contributed by atoms with van der Waals surface area (Å²) in [6, 6.07) is 7.41. The van der Waals surface area contributed by atoms with Crippen LogP contribution in [0.3, 0.4) is 0 Å². The van der Waals surface area contributed by atoms with Gasteiger partial charge in [-0.1, -0.05) is 0 Å². The number of hydrogen-bond acceptors (Lipinski definition) is 6. The van der Waals surface area contributed by atoms with Gasteiger partial charge in [0, 0.05) is 11.8 Å². The van der Waals surface area contributed by atoms with E-state index in [0.29, 0.717) is 11.6 Å². The van der Waals surface area contributed by atoms with Crippen LogP contribution in [0.15, 0.2) is 36.7 Å². The molecule has 0 unspecified atom stereocenters. The fourth-order valence-corrected chi connectivity index (χ4v) is 2.01. The molecular weight excluding hydrogens is 308 g/mol. The quantitative estimate of drug-likeness (QED) is 0.737. The Balaban J connectivity index is 1.63. The molecule has 1 aromatic carbocycles. The summed E-state index contributed by atoms with van der Waals surface area (Å²) in [5, 5.41) is 9.68. The molecule has 0 aliphatic heterocycles. The summed E-state index contributed by atoms with van der Waals surface area (Å²) in [4.78, 5) is 24.4. The lowest BCUT2D eigenvalue weighted by molar-refractivity contribution is 0.0944. The van der Waals surface area contributed by atoms with Gasteiger partial charge in [0.1, 0.15) is 17.3 Å². The van der Waals surface area contributed by atoms with Crippen molar-refractivity contribution in [2.24, 2.45) is 0 Å². The summed E-state index contributed by atoms with van der Waals surface area (Å²) in [5.41, 5.74) is 1.87. The van der Waals surface area contributed by atoms with Crippen LogP contribution in [-0.4, -0.2) is 38.2 Å². The first-order valence-electron chi connectivity index (χ1n) is 7.28. The highest BCUT2D eigenvalue weighted by molar-refractivity contribution is 5.91. The van der Waals surface area contributed by atoms with E-state index in [1.54, 1.807) is 13.3 Å². The molecule has 0 bridgehead atoms. The number of H-pyrrole nitrogens is 1. The van der Waals surface area contributed by atoms with Gasteiger partial charge in [-0.25, -0.2) is 9.97 Å². The van der Waals surface area contributed by atoms with Crippen LogP contribution in [0.2, 0.25) is 0 Å². The normalized spacial score (nSPS) is 10.4. The minimum absolute atomic E-state index is 0.220. The van der Waals surface area contributed by atoms with Gasteiger partial charge in [0.2, 0.25) is 0 Å². The molecule has 0 saturated carbocycles. The third kappa shape index (κ3) is 3.54. The molecule has 8 nitrogen and oxygen atoms in total. The lowest BCUT2D eigenvalue weighted by atomic mass is 10.2.